The number of nitrogens with one attached hydrogen (secondary N) is 2. The minimum atomic E-state index is -3.53. The summed E-state index contributed by atoms with van der Waals surface area (Å²) in [6, 6.07) is 4.94. The molecule has 2 rings (SSSR count). The van der Waals surface area contributed by atoms with Crippen LogP contribution < -0.4 is 10.5 Å². The van der Waals surface area contributed by atoms with Crippen LogP contribution in [-0.2, 0) is 23.1 Å². The summed E-state index contributed by atoms with van der Waals surface area (Å²) in [5.74, 6) is 0. The van der Waals surface area contributed by atoms with Crippen molar-refractivity contribution in [2.24, 2.45) is 5.73 Å². The number of H-pyrrole nitrogens is 1. The Kier molecular flexibility index (Phi) is 4.22. The Hall–Kier alpha value is -1.70. The van der Waals surface area contributed by atoms with E-state index in [4.69, 9.17) is 5.73 Å². The first-order valence-corrected chi connectivity index (χ1v) is 7.70. The number of rotatable bonds is 5. The van der Waals surface area contributed by atoms with Crippen molar-refractivity contribution in [1.82, 2.24) is 14.9 Å². The Bertz CT molecular complexity index is 707. The third kappa shape index (κ3) is 3.06. The van der Waals surface area contributed by atoms with Crippen molar-refractivity contribution < 1.29 is 8.42 Å². The quantitative estimate of drug-likeness (QED) is 0.764. The van der Waals surface area contributed by atoms with Gasteiger partial charge in [-0.25, -0.2) is 13.1 Å². The van der Waals surface area contributed by atoms with Crippen LogP contribution in [0.5, 0.6) is 0 Å². The van der Waals surface area contributed by atoms with Crippen LogP contribution in [0.4, 0.5) is 0 Å². The van der Waals surface area contributed by atoms with Crippen molar-refractivity contribution in [2.75, 3.05) is 0 Å². The average Bonchev–Trinajstić information content (AvgIpc) is 2.82. The standard InChI is InChI=1S/C13H18N4O2S/c1-9-5-13(4-3-11(9)6-14)20(18,19)16-8-12-7-15-17-10(12)2/h3-5,7,16H,6,8,14H2,1-2H3,(H,15,17). The van der Waals surface area contributed by atoms with E-state index in [1.165, 1.54) is 0 Å². The molecule has 7 heteroatoms. The maximum absolute atomic E-state index is 12.2. The number of aryl methyl sites for hydroxylation is 2. The lowest BCUT2D eigenvalue weighted by atomic mass is 10.1. The molecule has 0 aliphatic carbocycles. The van der Waals surface area contributed by atoms with Crippen LogP contribution in [0.25, 0.3) is 0 Å². The van der Waals surface area contributed by atoms with Gasteiger partial charge in [-0.2, -0.15) is 5.10 Å². The van der Waals surface area contributed by atoms with E-state index in [9.17, 15) is 8.42 Å². The van der Waals surface area contributed by atoms with Gasteiger partial charge >= 0.3 is 0 Å². The number of nitrogens with two attached hydrogens (primary N) is 1. The van der Waals surface area contributed by atoms with E-state index in [1.54, 1.807) is 24.4 Å². The van der Waals surface area contributed by atoms with E-state index in [0.29, 0.717) is 6.54 Å². The lowest BCUT2D eigenvalue weighted by molar-refractivity contribution is 0.581. The minimum Gasteiger partial charge on any atom is -0.326 e. The molecular weight excluding hydrogens is 276 g/mol. The van der Waals surface area contributed by atoms with E-state index in [1.807, 2.05) is 13.8 Å². The van der Waals surface area contributed by atoms with Gasteiger partial charge in [0.25, 0.3) is 0 Å². The normalized spacial score (nSPS) is 11.8. The highest BCUT2D eigenvalue weighted by Crippen LogP contribution is 2.15. The summed E-state index contributed by atoms with van der Waals surface area (Å²) in [5.41, 5.74) is 9.06. The molecule has 0 radical (unpaired) electrons. The molecule has 6 nitrogen and oxygen atoms in total. The molecule has 0 amide bonds. The summed E-state index contributed by atoms with van der Waals surface area (Å²) < 4.78 is 27.0. The number of hydrogen-bond acceptors (Lipinski definition) is 4. The molecule has 108 valence electrons. The highest BCUT2D eigenvalue weighted by molar-refractivity contribution is 7.89. The second-order valence-corrected chi connectivity index (χ2v) is 6.40. The minimum absolute atomic E-state index is 0.211. The van der Waals surface area contributed by atoms with Gasteiger partial charge in [0.05, 0.1) is 11.1 Å². The number of sulfonamides is 1. The van der Waals surface area contributed by atoms with Crippen molar-refractivity contribution in [1.29, 1.82) is 0 Å². The van der Waals surface area contributed by atoms with Crippen molar-refractivity contribution >= 4 is 10.0 Å². The Morgan fingerprint density at radius 3 is 2.60 bits per heavy atom. The number of hydrogen-bond donors (Lipinski definition) is 3. The fourth-order valence-electron chi connectivity index (χ4n) is 1.87. The largest absolute Gasteiger partial charge is 0.326 e. The van der Waals surface area contributed by atoms with Crippen molar-refractivity contribution in [3.05, 3.63) is 46.8 Å². The molecule has 1 aromatic carbocycles. The van der Waals surface area contributed by atoms with Gasteiger partial charge < -0.3 is 5.73 Å². The molecule has 0 saturated carbocycles. The van der Waals surface area contributed by atoms with E-state index in [2.05, 4.69) is 14.9 Å². The van der Waals surface area contributed by atoms with Gasteiger partial charge in [-0.15, -0.1) is 0 Å². The second-order valence-electron chi connectivity index (χ2n) is 4.64. The second kappa shape index (κ2) is 5.74. The summed E-state index contributed by atoms with van der Waals surface area (Å²) in [5, 5.41) is 6.63. The van der Waals surface area contributed by atoms with E-state index in [0.717, 1.165) is 22.4 Å². The molecule has 0 fully saturated rings. The van der Waals surface area contributed by atoms with Crippen LogP contribution in [0.2, 0.25) is 0 Å². The molecule has 0 saturated heterocycles. The predicted octanol–water partition coefficient (Wildman–Crippen LogP) is 0.964. The first-order chi connectivity index (χ1) is 9.44. The number of aromatic nitrogens is 2. The smallest absolute Gasteiger partial charge is 0.240 e. The number of benzene rings is 1. The molecule has 0 aliphatic rings. The SMILES string of the molecule is Cc1cc(S(=O)(=O)NCc2cn[nH]c2C)ccc1CN. The first-order valence-electron chi connectivity index (χ1n) is 6.22. The summed E-state index contributed by atoms with van der Waals surface area (Å²) in [6.07, 6.45) is 1.61. The molecular formula is C13H18N4O2S. The van der Waals surface area contributed by atoms with Gasteiger partial charge in [0, 0.05) is 24.3 Å². The van der Waals surface area contributed by atoms with E-state index < -0.39 is 10.0 Å². The van der Waals surface area contributed by atoms with Crippen LogP contribution in [0.15, 0.2) is 29.3 Å². The Morgan fingerprint density at radius 2 is 2.05 bits per heavy atom. The molecule has 0 aliphatic heterocycles. The topological polar surface area (TPSA) is 101 Å². The highest BCUT2D eigenvalue weighted by Gasteiger charge is 2.15. The van der Waals surface area contributed by atoms with Crippen molar-refractivity contribution in [3.63, 3.8) is 0 Å². The van der Waals surface area contributed by atoms with Gasteiger partial charge in [-0.1, -0.05) is 6.07 Å². The van der Waals surface area contributed by atoms with E-state index >= 15 is 0 Å². The molecule has 1 heterocycles. The molecule has 0 unspecified atom stereocenters. The maximum atomic E-state index is 12.2. The van der Waals surface area contributed by atoms with Gasteiger partial charge in [0.2, 0.25) is 10.0 Å². The van der Waals surface area contributed by atoms with E-state index in [-0.39, 0.29) is 11.4 Å². The average molecular weight is 294 g/mol. The molecule has 0 bridgehead atoms. The van der Waals surface area contributed by atoms with Gasteiger partial charge in [-0.05, 0) is 37.1 Å². The highest BCUT2D eigenvalue weighted by atomic mass is 32.2. The predicted molar refractivity (Wildman–Crippen MR) is 76.4 cm³/mol. The molecule has 1 aromatic heterocycles. The summed E-state index contributed by atoms with van der Waals surface area (Å²) in [6.45, 7) is 4.30. The third-order valence-corrected chi connectivity index (χ3v) is 4.63. The number of aromatic amines is 1. The monoisotopic (exact) mass is 294 g/mol. The zero-order chi connectivity index (χ0) is 14.8. The van der Waals surface area contributed by atoms with Crippen LogP contribution >= 0.6 is 0 Å². The molecule has 2 aromatic rings. The lowest BCUT2D eigenvalue weighted by Crippen LogP contribution is -2.23. The van der Waals surface area contributed by atoms with Crippen molar-refractivity contribution in [3.8, 4) is 0 Å². The van der Waals surface area contributed by atoms with Gasteiger partial charge in [0.1, 0.15) is 0 Å². The summed E-state index contributed by atoms with van der Waals surface area (Å²) in [7, 11) is -3.53. The molecule has 4 N–H and O–H groups in total. The summed E-state index contributed by atoms with van der Waals surface area (Å²) in [4.78, 5) is 0.244. The molecule has 0 atom stereocenters. The molecule has 0 spiro atoms. The Balaban J connectivity index is 2.18. The van der Waals surface area contributed by atoms with Crippen LogP contribution in [0, 0.1) is 13.8 Å². The summed E-state index contributed by atoms with van der Waals surface area (Å²) >= 11 is 0. The third-order valence-electron chi connectivity index (χ3n) is 3.23. The van der Waals surface area contributed by atoms with Crippen LogP contribution in [0.1, 0.15) is 22.4 Å². The van der Waals surface area contributed by atoms with Crippen LogP contribution in [0.3, 0.4) is 0 Å². The zero-order valence-corrected chi connectivity index (χ0v) is 12.3. The molecule has 20 heavy (non-hydrogen) atoms. The first kappa shape index (κ1) is 14.7. The maximum Gasteiger partial charge on any atom is 0.240 e. The number of nitrogens with zero attached hydrogens (tertiary/aromatic N) is 1. The zero-order valence-electron chi connectivity index (χ0n) is 11.5. The Labute approximate surface area is 118 Å². The van der Waals surface area contributed by atoms with Crippen molar-refractivity contribution in [2.45, 2.75) is 31.8 Å². The van der Waals surface area contributed by atoms with Crippen LogP contribution in [-0.4, -0.2) is 18.6 Å². The lowest BCUT2D eigenvalue weighted by Gasteiger charge is -2.09. The fraction of sp³-hybridized carbons (Fsp3) is 0.308. The Morgan fingerprint density at radius 1 is 1.30 bits per heavy atom. The van der Waals surface area contributed by atoms with Gasteiger partial charge in [-0.3, -0.25) is 5.10 Å². The fourth-order valence-corrected chi connectivity index (χ4v) is 2.97. The van der Waals surface area contributed by atoms with Gasteiger partial charge in [0.15, 0.2) is 0 Å².